The van der Waals surface area contributed by atoms with Gasteiger partial charge in [-0.3, -0.25) is 14.5 Å². The van der Waals surface area contributed by atoms with Crippen molar-refractivity contribution in [2.75, 3.05) is 19.1 Å². The van der Waals surface area contributed by atoms with Crippen molar-refractivity contribution in [1.82, 2.24) is 0 Å². The molecule has 1 aliphatic rings. The Kier molecular flexibility index (Phi) is 6.87. The standard InChI is InChI=1S/C26H20BrClFNO5/c1-13-10-15(4-7-17(13)27)24(31)22-23(14-5-9-20(34-2)21(11-14)35-3)30(26(33)25(22)32)16-6-8-19(29)18(28)12-16/h4-12,23,31H,1-3H3/b24-22+. The monoisotopic (exact) mass is 559 g/mol. The van der Waals surface area contributed by atoms with E-state index >= 15 is 0 Å². The van der Waals surface area contributed by atoms with Crippen molar-refractivity contribution < 1.29 is 28.6 Å². The molecule has 1 amide bonds. The summed E-state index contributed by atoms with van der Waals surface area (Å²) in [6, 6.07) is 12.7. The Hall–Kier alpha value is -3.36. The Labute approximate surface area is 214 Å². The van der Waals surface area contributed by atoms with Crippen molar-refractivity contribution >= 4 is 50.7 Å². The summed E-state index contributed by atoms with van der Waals surface area (Å²) >= 11 is 9.40. The van der Waals surface area contributed by atoms with E-state index in [0.717, 1.165) is 16.1 Å². The van der Waals surface area contributed by atoms with E-state index < -0.39 is 23.5 Å². The molecular weight excluding hydrogens is 541 g/mol. The molecule has 1 atom stereocenters. The Morgan fingerprint density at radius 3 is 2.37 bits per heavy atom. The zero-order chi connectivity index (χ0) is 25.4. The lowest BCUT2D eigenvalue weighted by atomic mass is 9.94. The van der Waals surface area contributed by atoms with Crippen LogP contribution in [0.2, 0.25) is 5.02 Å². The molecule has 1 N–H and O–H groups in total. The van der Waals surface area contributed by atoms with Gasteiger partial charge in [0.1, 0.15) is 11.6 Å². The first-order chi connectivity index (χ1) is 16.7. The van der Waals surface area contributed by atoms with Gasteiger partial charge >= 0.3 is 0 Å². The van der Waals surface area contributed by atoms with Crippen molar-refractivity contribution in [1.29, 1.82) is 0 Å². The topological polar surface area (TPSA) is 76.1 Å². The van der Waals surface area contributed by atoms with E-state index in [2.05, 4.69) is 15.9 Å². The first-order valence-electron chi connectivity index (χ1n) is 10.4. The number of methoxy groups -OCH3 is 2. The molecule has 0 bridgehead atoms. The molecule has 0 saturated carbocycles. The number of rotatable bonds is 5. The van der Waals surface area contributed by atoms with Crippen molar-refractivity contribution in [2.24, 2.45) is 0 Å². The molecule has 6 nitrogen and oxygen atoms in total. The molecule has 0 spiro atoms. The average molecular weight is 561 g/mol. The molecule has 0 aliphatic carbocycles. The second-order valence-electron chi connectivity index (χ2n) is 7.85. The van der Waals surface area contributed by atoms with Crippen LogP contribution in [0.15, 0.2) is 64.6 Å². The van der Waals surface area contributed by atoms with Gasteiger partial charge in [0, 0.05) is 15.7 Å². The third-order valence-electron chi connectivity index (χ3n) is 5.78. The smallest absolute Gasteiger partial charge is 0.300 e. The molecule has 1 saturated heterocycles. The van der Waals surface area contributed by atoms with E-state index in [9.17, 15) is 19.1 Å². The van der Waals surface area contributed by atoms with Crippen LogP contribution >= 0.6 is 27.5 Å². The number of ketones is 1. The molecule has 35 heavy (non-hydrogen) atoms. The molecule has 4 rings (SSSR count). The Morgan fingerprint density at radius 2 is 1.74 bits per heavy atom. The lowest BCUT2D eigenvalue weighted by molar-refractivity contribution is -0.132. The molecule has 0 radical (unpaired) electrons. The Balaban J connectivity index is 1.99. The van der Waals surface area contributed by atoms with Gasteiger partial charge in [0.2, 0.25) is 0 Å². The van der Waals surface area contributed by atoms with Crippen LogP contribution < -0.4 is 14.4 Å². The molecule has 9 heteroatoms. The maximum atomic E-state index is 13.9. The van der Waals surface area contributed by atoms with Crippen LogP contribution in [-0.2, 0) is 9.59 Å². The predicted molar refractivity (Wildman–Crippen MR) is 135 cm³/mol. The minimum Gasteiger partial charge on any atom is -0.507 e. The number of anilines is 1. The third kappa shape index (κ3) is 4.39. The van der Waals surface area contributed by atoms with Gasteiger partial charge in [-0.1, -0.05) is 39.7 Å². The molecule has 180 valence electrons. The Morgan fingerprint density at radius 1 is 1.03 bits per heavy atom. The van der Waals surface area contributed by atoms with Crippen molar-refractivity contribution in [3.63, 3.8) is 0 Å². The summed E-state index contributed by atoms with van der Waals surface area (Å²) in [6.07, 6.45) is 0. The Bertz CT molecular complexity index is 1390. The minimum atomic E-state index is -1.04. The van der Waals surface area contributed by atoms with E-state index in [4.69, 9.17) is 21.1 Å². The van der Waals surface area contributed by atoms with Gasteiger partial charge in [0.25, 0.3) is 11.7 Å². The van der Waals surface area contributed by atoms with E-state index in [1.165, 1.54) is 31.3 Å². The molecular formula is C26H20BrClFNO5. The second kappa shape index (κ2) is 9.71. The highest BCUT2D eigenvalue weighted by Crippen LogP contribution is 2.44. The minimum absolute atomic E-state index is 0.121. The van der Waals surface area contributed by atoms with Gasteiger partial charge in [0.05, 0.1) is 30.9 Å². The summed E-state index contributed by atoms with van der Waals surface area (Å²) in [5.41, 5.74) is 1.74. The summed E-state index contributed by atoms with van der Waals surface area (Å²) in [7, 11) is 2.95. The van der Waals surface area contributed by atoms with Crippen LogP contribution in [0.3, 0.4) is 0 Å². The number of carbonyl (C=O) groups is 2. The third-order valence-corrected chi connectivity index (χ3v) is 6.96. The van der Waals surface area contributed by atoms with Crippen molar-refractivity contribution in [3.05, 3.63) is 92.2 Å². The molecule has 3 aromatic rings. The fraction of sp³-hybridized carbons (Fsp3) is 0.154. The number of benzene rings is 3. The molecule has 1 aliphatic heterocycles. The number of hydrogen-bond donors (Lipinski definition) is 1. The largest absolute Gasteiger partial charge is 0.507 e. The van der Waals surface area contributed by atoms with Gasteiger partial charge in [-0.05, 0) is 60.5 Å². The number of halogens is 3. The van der Waals surface area contributed by atoms with Crippen molar-refractivity contribution in [2.45, 2.75) is 13.0 Å². The number of carbonyl (C=O) groups excluding carboxylic acids is 2. The molecule has 0 aromatic heterocycles. The van der Waals surface area contributed by atoms with E-state index in [1.807, 2.05) is 6.92 Å². The highest BCUT2D eigenvalue weighted by atomic mass is 79.9. The fourth-order valence-corrected chi connectivity index (χ4v) is 4.44. The second-order valence-corrected chi connectivity index (χ2v) is 9.11. The molecule has 1 fully saturated rings. The summed E-state index contributed by atoms with van der Waals surface area (Å²) < 4.78 is 25.4. The number of nitrogens with zero attached hydrogens (tertiary/aromatic N) is 1. The first-order valence-corrected chi connectivity index (χ1v) is 11.6. The van der Waals surface area contributed by atoms with Crippen LogP contribution in [0, 0.1) is 12.7 Å². The average Bonchev–Trinajstić information content (AvgIpc) is 3.12. The fourth-order valence-electron chi connectivity index (χ4n) is 4.02. The predicted octanol–water partition coefficient (Wildman–Crippen LogP) is 6.19. The van der Waals surface area contributed by atoms with Gasteiger partial charge in [0.15, 0.2) is 11.5 Å². The van der Waals surface area contributed by atoms with Crippen LogP contribution in [-0.4, -0.2) is 31.0 Å². The van der Waals surface area contributed by atoms with Crippen LogP contribution in [0.5, 0.6) is 11.5 Å². The number of ether oxygens (including phenoxy) is 2. The molecule has 3 aromatic carbocycles. The summed E-state index contributed by atoms with van der Waals surface area (Å²) in [6.45, 7) is 1.84. The lowest BCUT2D eigenvalue weighted by Crippen LogP contribution is -2.29. The van der Waals surface area contributed by atoms with Crippen LogP contribution in [0.25, 0.3) is 5.76 Å². The van der Waals surface area contributed by atoms with Gasteiger partial charge in [-0.15, -0.1) is 0 Å². The molecule has 1 heterocycles. The SMILES string of the molecule is COc1ccc(C2/C(=C(\O)c3ccc(Br)c(C)c3)C(=O)C(=O)N2c2ccc(F)c(Cl)c2)cc1OC. The zero-order valence-electron chi connectivity index (χ0n) is 18.9. The van der Waals surface area contributed by atoms with E-state index in [0.29, 0.717) is 22.6 Å². The number of Topliss-reactive ketones (excluding diaryl/α,β-unsaturated/α-hetero) is 1. The number of aryl methyl sites for hydroxylation is 1. The van der Waals surface area contributed by atoms with E-state index in [-0.39, 0.29) is 22.0 Å². The van der Waals surface area contributed by atoms with Gasteiger partial charge in [-0.25, -0.2) is 4.39 Å². The number of hydrogen-bond acceptors (Lipinski definition) is 5. The van der Waals surface area contributed by atoms with Gasteiger partial charge in [-0.2, -0.15) is 0 Å². The maximum absolute atomic E-state index is 13.9. The quantitative estimate of drug-likeness (QED) is 0.229. The first kappa shape index (κ1) is 24.8. The van der Waals surface area contributed by atoms with Gasteiger partial charge < -0.3 is 14.6 Å². The number of amides is 1. The van der Waals surface area contributed by atoms with E-state index in [1.54, 1.807) is 36.4 Å². The van der Waals surface area contributed by atoms with Crippen LogP contribution in [0.4, 0.5) is 10.1 Å². The summed E-state index contributed by atoms with van der Waals surface area (Å²) in [4.78, 5) is 27.7. The summed E-state index contributed by atoms with van der Waals surface area (Å²) in [5.74, 6) is -1.96. The number of aliphatic hydroxyl groups excluding tert-OH is 1. The normalized spacial score (nSPS) is 17.1. The molecule has 1 unspecified atom stereocenters. The van der Waals surface area contributed by atoms with Crippen molar-refractivity contribution in [3.8, 4) is 11.5 Å². The maximum Gasteiger partial charge on any atom is 0.300 e. The summed E-state index contributed by atoms with van der Waals surface area (Å²) in [5, 5.41) is 11.1. The zero-order valence-corrected chi connectivity index (χ0v) is 21.3. The highest BCUT2D eigenvalue weighted by Gasteiger charge is 2.47. The highest BCUT2D eigenvalue weighted by molar-refractivity contribution is 9.10. The van der Waals surface area contributed by atoms with Crippen LogP contribution in [0.1, 0.15) is 22.7 Å². The lowest BCUT2D eigenvalue weighted by Gasteiger charge is -2.26. The number of aliphatic hydroxyl groups is 1.